The zero-order valence-corrected chi connectivity index (χ0v) is 11.1. The first-order valence-corrected chi connectivity index (χ1v) is 6.52. The van der Waals surface area contributed by atoms with Crippen LogP contribution < -0.4 is 10.6 Å². The van der Waals surface area contributed by atoms with Crippen molar-refractivity contribution in [1.82, 2.24) is 5.32 Å². The van der Waals surface area contributed by atoms with Crippen molar-refractivity contribution >= 4 is 17.5 Å². The van der Waals surface area contributed by atoms with Crippen LogP contribution in [-0.2, 0) is 13.0 Å². The molecule has 3 rings (SSSR count). The lowest BCUT2D eigenvalue weighted by molar-refractivity contribution is -0.402. The van der Waals surface area contributed by atoms with Gasteiger partial charge in [-0.1, -0.05) is 12.1 Å². The van der Waals surface area contributed by atoms with Crippen LogP contribution in [0.15, 0.2) is 34.7 Å². The predicted octanol–water partition coefficient (Wildman–Crippen LogP) is 2.09. The van der Waals surface area contributed by atoms with Gasteiger partial charge in [0, 0.05) is 12.2 Å². The zero-order chi connectivity index (χ0) is 14.8. The van der Waals surface area contributed by atoms with Crippen molar-refractivity contribution in [3.05, 3.63) is 57.3 Å². The summed E-state index contributed by atoms with van der Waals surface area (Å²) in [6, 6.07) is 8.16. The molecule has 1 aromatic heterocycles. The Hall–Kier alpha value is -2.67. The van der Waals surface area contributed by atoms with E-state index in [-0.39, 0.29) is 5.76 Å². The molecular weight excluding hydrogens is 274 g/mol. The highest BCUT2D eigenvalue weighted by atomic mass is 16.6. The molecule has 2 N–H and O–H groups in total. The quantitative estimate of drug-likeness (QED) is 0.665. The van der Waals surface area contributed by atoms with Gasteiger partial charge in [-0.05, 0) is 36.2 Å². The van der Waals surface area contributed by atoms with Gasteiger partial charge in [-0.25, -0.2) is 0 Å². The lowest BCUT2D eigenvalue weighted by Gasteiger charge is -2.20. The Bertz CT molecular complexity index is 708. The van der Waals surface area contributed by atoms with E-state index in [1.165, 1.54) is 12.1 Å². The fourth-order valence-electron chi connectivity index (χ4n) is 2.38. The zero-order valence-electron chi connectivity index (χ0n) is 11.1. The van der Waals surface area contributed by atoms with Crippen LogP contribution in [0.4, 0.5) is 11.6 Å². The molecule has 21 heavy (non-hydrogen) atoms. The molecule has 2 aromatic rings. The van der Waals surface area contributed by atoms with Crippen LogP contribution in [0.25, 0.3) is 0 Å². The summed E-state index contributed by atoms with van der Waals surface area (Å²) in [6.45, 7) is 1.62. The normalized spacial score (nSPS) is 13.5. The topological polar surface area (TPSA) is 97.4 Å². The minimum Gasteiger partial charge on any atom is -0.395 e. The number of fused-ring (bicyclic) bond motifs is 1. The van der Waals surface area contributed by atoms with Gasteiger partial charge in [0.2, 0.25) is 0 Å². The number of anilines is 1. The van der Waals surface area contributed by atoms with E-state index < -0.39 is 16.7 Å². The largest absolute Gasteiger partial charge is 0.433 e. The Morgan fingerprint density at radius 1 is 1.33 bits per heavy atom. The second-order valence-corrected chi connectivity index (χ2v) is 4.72. The molecule has 0 fully saturated rings. The molecule has 1 amide bonds. The third kappa shape index (κ3) is 2.63. The molecule has 0 bridgehead atoms. The molecule has 1 aliphatic heterocycles. The summed E-state index contributed by atoms with van der Waals surface area (Å²) >= 11 is 0. The number of nitrogens with zero attached hydrogens (tertiary/aromatic N) is 1. The Morgan fingerprint density at radius 2 is 2.19 bits per heavy atom. The number of hydrogen-bond donors (Lipinski definition) is 2. The number of benzene rings is 1. The Morgan fingerprint density at radius 3 is 2.95 bits per heavy atom. The van der Waals surface area contributed by atoms with Gasteiger partial charge in [-0.3, -0.25) is 14.9 Å². The predicted molar refractivity (Wildman–Crippen MR) is 75.2 cm³/mol. The second kappa shape index (κ2) is 5.37. The maximum atomic E-state index is 12.1. The fourth-order valence-corrected chi connectivity index (χ4v) is 2.38. The Labute approximate surface area is 120 Å². The van der Waals surface area contributed by atoms with E-state index in [0.29, 0.717) is 0 Å². The molecule has 0 saturated heterocycles. The molecule has 0 atom stereocenters. The molecule has 0 unspecified atom stereocenters. The lowest BCUT2D eigenvalue weighted by Crippen LogP contribution is -2.25. The van der Waals surface area contributed by atoms with Crippen LogP contribution in [-0.4, -0.2) is 17.4 Å². The van der Waals surface area contributed by atoms with Crippen molar-refractivity contribution in [2.45, 2.75) is 13.0 Å². The lowest BCUT2D eigenvalue weighted by atomic mass is 9.99. The van der Waals surface area contributed by atoms with Crippen LogP contribution in [0.1, 0.15) is 21.7 Å². The molecule has 2 heterocycles. The van der Waals surface area contributed by atoms with Crippen LogP contribution in [0.2, 0.25) is 0 Å². The van der Waals surface area contributed by atoms with Crippen LogP contribution >= 0.6 is 0 Å². The summed E-state index contributed by atoms with van der Waals surface area (Å²) in [7, 11) is 0. The number of carbonyl (C=O) groups excluding carboxylic acids is 1. The SMILES string of the molecule is O=C(Nc1cccc2c1CCNC2)c1ccc([N+](=O)[O-])o1. The summed E-state index contributed by atoms with van der Waals surface area (Å²) in [5.41, 5.74) is 2.95. The minimum atomic E-state index is -0.674. The van der Waals surface area contributed by atoms with E-state index in [4.69, 9.17) is 4.42 Å². The first kappa shape index (κ1) is 13.3. The van der Waals surface area contributed by atoms with Crippen molar-refractivity contribution in [3.63, 3.8) is 0 Å². The fraction of sp³-hybridized carbons (Fsp3) is 0.214. The van der Waals surface area contributed by atoms with Gasteiger partial charge in [0.15, 0.2) is 5.76 Å². The number of nitrogens with one attached hydrogen (secondary N) is 2. The van der Waals surface area contributed by atoms with Gasteiger partial charge in [-0.2, -0.15) is 0 Å². The van der Waals surface area contributed by atoms with E-state index in [1.807, 2.05) is 18.2 Å². The van der Waals surface area contributed by atoms with E-state index in [2.05, 4.69) is 10.6 Å². The summed E-state index contributed by atoms with van der Waals surface area (Å²) in [6.07, 6.45) is 0.824. The van der Waals surface area contributed by atoms with Crippen LogP contribution in [0.3, 0.4) is 0 Å². The molecular formula is C14H13N3O4. The average Bonchev–Trinajstić information content (AvgIpc) is 2.98. The first-order chi connectivity index (χ1) is 10.1. The molecule has 0 spiro atoms. The van der Waals surface area contributed by atoms with Gasteiger partial charge in [-0.15, -0.1) is 0 Å². The summed E-state index contributed by atoms with van der Waals surface area (Å²) in [5, 5.41) is 16.6. The van der Waals surface area contributed by atoms with Crippen LogP contribution in [0.5, 0.6) is 0 Å². The van der Waals surface area contributed by atoms with Gasteiger partial charge < -0.3 is 15.1 Å². The number of carbonyl (C=O) groups is 1. The molecule has 1 aromatic carbocycles. The molecule has 0 radical (unpaired) electrons. The van der Waals surface area contributed by atoms with Crippen LogP contribution in [0, 0.1) is 10.1 Å². The monoisotopic (exact) mass is 287 g/mol. The van der Waals surface area contributed by atoms with Gasteiger partial charge in [0.1, 0.15) is 4.92 Å². The first-order valence-electron chi connectivity index (χ1n) is 6.52. The number of hydrogen-bond acceptors (Lipinski definition) is 5. The van der Waals surface area contributed by atoms with Crippen molar-refractivity contribution < 1.29 is 14.1 Å². The maximum absolute atomic E-state index is 12.1. The molecule has 0 saturated carbocycles. The van der Waals surface area contributed by atoms with E-state index in [0.717, 1.165) is 36.3 Å². The molecule has 1 aliphatic rings. The van der Waals surface area contributed by atoms with E-state index in [9.17, 15) is 14.9 Å². The third-order valence-electron chi connectivity index (χ3n) is 3.38. The average molecular weight is 287 g/mol. The highest BCUT2D eigenvalue weighted by Crippen LogP contribution is 2.24. The Balaban J connectivity index is 1.83. The number of rotatable bonds is 3. The minimum absolute atomic E-state index is 0.0757. The van der Waals surface area contributed by atoms with Crippen molar-refractivity contribution in [2.75, 3.05) is 11.9 Å². The second-order valence-electron chi connectivity index (χ2n) is 4.72. The van der Waals surface area contributed by atoms with Gasteiger partial charge in [0.05, 0.1) is 6.07 Å². The standard InChI is InChI=1S/C14H13N3O4/c18-14(12-4-5-13(21-12)17(19)20)16-11-3-1-2-9-8-15-7-6-10(9)11/h1-5,15H,6-8H2,(H,16,18). The summed E-state index contributed by atoms with van der Waals surface area (Å²) in [4.78, 5) is 22.0. The summed E-state index contributed by atoms with van der Waals surface area (Å²) < 4.78 is 4.90. The van der Waals surface area contributed by atoms with E-state index >= 15 is 0 Å². The molecule has 7 nitrogen and oxygen atoms in total. The number of amides is 1. The number of nitro groups is 1. The molecule has 7 heteroatoms. The van der Waals surface area contributed by atoms with Crippen molar-refractivity contribution in [3.8, 4) is 0 Å². The van der Waals surface area contributed by atoms with Gasteiger partial charge in [0.25, 0.3) is 5.91 Å². The number of furan rings is 1. The van der Waals surface area contributed by atoms with Gasteiger partial charge >= 0.3 is 5.88 Å². The molecule has 0 aliphatic carbocycles. The Kier molecular flexibility index (Phi) is 3.41. The highest BCUT2D eigenvalue weighted by molar-refractivity contribution is 6.03. The maximum Gasteiger partial charge on any atom is 0.433 e. The highest BCUT2D eigenvalue weighted by Gasteiger charge is 2.19. The van der Waals surface area contributed by atoms with E-state index in [1.54, 1.807) is 0 Å². The third-order valence-corrected chi connectivity index (χ3v) is 3.38. The molecule has 108 valence electrons. The van der Waals surface area contributed by atoms with Crippen molar-refractivity contribution in [1.29, 1.82) is 0 Å². The smallest absolute Gasteiger partial charge is 0.395 e. The summed E-state index contributed by atoms with van der Waals surface area (Å²) in [5.74, 6) is -1.01. The van der Waals surface area contributed by atoms with Crippen molar-refractivity contribution in [2.24, 2.45) is 0 Å².